The predicted molar refractivity (Wildman–Crippen MR) is 116 cm³/mol. The summed E-state index contributed by atoms with van der Waals surface area (Å²) < 4.78 is 1.41. The van der Waals surface area contributed by atoms with Crippen molar-refractivity contribution in [2.24, 2.45) is 5.92 Å². The van der Waals surface area contributed by atoms with E-state index in [1.807, 2.05) is 44.2 Å². The van der Waals surface area contributed by atoms with Crippen molar-refractivity contribution < 1.29 is 4.79 Å². The van der Waals surface area contributed by atoms with Crippen LogP contribution in [-0.4, -0.2) is 21.5 Å². The fourth-order valence-corrected chi connectivity index (χ4v) is 4.34. The minimum Gasteiger partial charge on any atom is -0.352 e. The number of thiophene rings is 1. The summed E-state index contributed by atoms with van der Waals surface area (Å²) in [4.78, 5) is 31.7. The van der Waals surface area contributed by atoms with Gasteiger partial charge in [-0.3, -0.25) is 14.2 Å². The molecule has 28 heavy (non-hydrogen) atoms. The van der Waals surface area contributed by atoms with Gasteiger partial charge in [0.1, 0.15) is 11.4 Å². The number of benzene rings is 1. The van der Waals surface area contributed by atoms with Gasteiger partial charge in [-0.1, -0.05) is 44.2 Å². The van der Waals surface area contributed by atoms with Crippen molar-refractivity contribution in [3.8, 4) is 11.1 Å². The summed E-state index contributed by atoms with van der Waals surface area (Å²) in [6.45, 7) is 8.32. The van der Waals surface area contributed by atoms with Crippen LogP contribution in [0.1, 0.15) is 38.5 Å². The van der Waals surface area contributed by atoms with Crippen molar-refractivity contribution in [1.82, 2.24) is 14.9 Å². The summed E-state index contributed by atoms with van der Waals surface area (Å²) in [5.74, 6) is 0.444. The van der Waals surface area contributed by atoms with E-state index < -0.39 is 0 Å². The molecule has 0 radical (unpaired) electrons. The maximum absolute atomic E-state index is 13.1. The SMILES string of the molecule is Cc1sc2ncn(CC(=O)NC(C)CCC(C)C)c(=O)c2c1-c1ccccc1. The summed E-state index contributed by atoms with van der Waals surface area (Å²) >= 11 is 1.51. The van der Waals surface area contributed by atoms with E-state index in [-0.39, 0.29) is 24.1 Å². The molecule has 1 amide bonds. The fraction of sp³-hybridized carbons (Fsp3) is 0.409. The smallest absolute Gasteiger partial charge is 0.263 e. The molecular weight excluding hydrogens is 370 g/mol. The van der Waals surface area contributed by atoms with Crippen LogP contribution < -0.4 is 10.9 Å². The van der Waals surface area contributed by atoms with Gasteiger partial charge in [-0.15, -0.1) is 11.3 Å². The van der Waals surface area contributed by atoms with Crippen molar-refractivity contribution in [3.05, 3.63) is 51.9 Å². The Bertz CT molecular complexity index is 1020. The largest absolute Gasteiger partial charge is 0.352 e. The molecule has 0 aliphatic carbocycles. The second-order valence-electron chi connectivity index (χ2n) is 7.70. The molecule has 148 valence electrons. The summed E-state index contributed by atoms with van der Waals surface area (Å²) in [5, 5.41) is 3.58. The number of amides is 1. The Kier molecular flexibility index (Phi) is 6.29. The van der Waals surface area contributed by atoms with Crippen molar-refractivity contribution in [2.45, 2.75) is 53.1 Å². The highest BCUT2D eigenvalue weighted by Gasteiger charge is 2.18. The van der Waals surface area contributed by atoms with Crippen LogP contribution >= 0.6 is 11.3 Å². The van der Waals surface area contributed by atoms with Gasteiger partial charge >= 0.3 is 0 Å². The van der Waals surface area contributed by atoms with Crippen LogP contribution in [0.4, 0.5) is 0 Å². The first-order valence-electron chi connectivity index (χ1n) is 9.70. The van der Waals surface area contributed by atoms with Crippen LogP contribution in [0.15, 0.2) is 41.5 Å². The average molecular weight is 398 g/mol. The second kappa shape index (κ2) is 8.69. The Morgan fingerprint density at radius 2 is 1.89 bits per heavy atom. The molecule has 6 heteroatoms. The van der Waals surface area contributed by atoms with Crippen LogP contribution in [0.3, 0.4) is 0 Å². The first-order chi connectivity index (χ1) is 13.4. The van der Waals surface area contributed by atoms with Gasteiger partial charge in [-0.05, 0) is 38.2 Å². The molecule has 0 spiro atoms. The van der Waals surface area contributed by atoms with E-state index in [0.29, 0.717) is 16.1 Å². The molecule has 1 N–H and O–H groups in total. The van der Waals surface area contributed by atoms with Crippen LogP contribution in [0, 0.1) is 12.8 Å². The van der Waals surface area contributed by atoms with E-state index in [0.717, 1.165) is 28.8 Å². The normalized spacial score (nSPS) is 12.5. The highest BCUT2D eigenvalue weighted by molar-refractivity contribution is 7.19. The standard InChI is InChI=1S/C22H27N3O2S/c1-14(2)10-11-15(3)24-18(26)12-25-13-23-21-20(22(25)27)19(16(4)28-21)17-8-6-5-7-9-17/h5-9,13-15H,10-12H2,1-4H3,(H,24,26). The Morgan fingerprint density at radius 3 is 2.57 bits per heavy atom. The van der Waals surface area contributed by atoms with Crippen molar-refractivity contribution in [2.75, 3.05) is 0 Å². The molecule has 3 aromatic rings. The number of nitrogens with one attached hydrogen (secondary N) is 1. The summed E-state index contributed by atoms with van der Waals surface area (Å²) in [7, 11) is 0. The molecule has 1 atom stereocenters. The van der Waals surface area contributed by atoms with Crippen molar-refractivity contribution in [3.63, 3.8) is 0 Å². The van der Waals surface area contributed by atoms with E-state index in [9.17, 15) is 9.59 Å². The molecule has 0 saturated carbocycles. The highest BCUT2D eigenvalue weighted by Crippen LogP contribution is 2.35. The van der Waals surface area contributed by atoms with Gasteiger partial charge < -0.3 is 5.32 Å². The molecule has 2 heterocycles. The molecule has 2 aromatic heterocycles. The third-order valence-corrected chi connectivity index (χ3v) is 5.83. The van der Waals surface area contributed by atoms with Gasteiger partial charge in [-0.25, -0.2) is 4.98 Å². The number of carbonyl (C=O) groups is 1. The lowest BCUT2D eigenvalue weighted by molar-refractivity contribution is -0.122. The zero-order chi connectivity index (χ0) is 20.3. The second-order valence-corrected chi connectivity index (χ2v) is 8.90. The molecular formula is C22H27N3O2S. The Hall–Kier alpha value is -2.47. The summed E-state index contributed by atoms with van der Waals surface area (Å²) in [6, 6.07) is 9.95. The Labute approximate surface area is 169 Å². The Balaban J connectivity index is 1.86. The fourth-order valence-electron chi connectivity index (χ4n) is 3.33. The van der Waals surface area contributed by atoms with Crippen molar-refractivity contribution >= 4 is 27.5 Å². The third-order valence-electron chi connectivity index (χ3n) is 4.82. The molecule has 1 unspecified atom stereocenters. The van der Waals surface area contributed by atoms with Crippen LogP contribution in [0.2, 0.25) is 0 Å². The first-order valence-corrected chi connectivity index (χ1v) is 10.5. The molecule has 0 aliphatic rings. The molecule has 5 nitrogen and oxygen atoms in total. The molecule has 0 aliphatic heterocycles. The quantitative estimate of drug-likeness (QED) is 0.644. The average Bonchev–Trinajstić information content (AvgIpc) is 3.00. The van der Waals surface area contributed by atoms with Gasteiger partial charge in [0.15, 0.2) is 0 Å². The van der Waals surface area contributed by atoms with Gasteiger partial charge in [0.05, 0.1) is 11.7 Å². The van der Waals surface area contributed by atoms with E-state index in [4.69, 9.17) is 0 Å². The highest BCUT2D eigenvalue weighted by atomic mass is 32.1. The third kappa shape index (κ3) is 4.50. The zero-order valence-electron chi connectivity index (χ0n) is 16.9. The molecule has 0 fully saturated rings. The summed E-state index contributed by atoms with van der Waals surface area (Å²) in [5.41, 5.74) is 1.74. The van der Waals surface area contributed by atoms with E-state index >= 15 is 0 Å². The number of carbonyl (C=O) groups excluding carboxylic acids is 1. The number of aryl methyl sites for hydroxylation is 1. The number of nitrogens with zero attached hydrogens (tertiary/aromatic N) is 2. The van der Waals surface area contributed by atoms with Crippen LogP contribution in [0.5, 0.6) is 0 Å². The number of hydrogen-bond donors (Lipinski definition) is 1. The van der Waals surface area contributed by atoms with Crippen LogP contribution in [-0.2, 0) is 11.3 Å². The molecule has 0 bridgehead atoms. The maximum Gasteiger partial charge on any atom is 0.263 e. The van der Waals surface area contributed by atoms with Gasteiger partial charge in [0.25, 0.3) is 5.56 Å². The molecule has 0 saturated heterocycles. The van der Waals surface area contributed by atoms with E-state index in [2.05, 4.69) is 24.1 Å². The number of hydrogen-bond acceptors (Lipinski definition) is 4. The maximum atomic E-state index is 13.1. The summed E-state index contributed by atoms with van der Waals surface area (Å²) in [6.07, 6.45) is 3.47. The first kappa shape index (κ1) is 20.3. The lowest BCUT2D eigenvalue weighted by Gasteiger charge is -2.15. The van der Waals surface area contributed by atoms with E-state index in [1.54, 1.807) is 0 Å². The molecule has 3 rings (SSSR count). The number of rotatable bonds is 7. The van der Waals surface area contributed by atoms with Gasteiger partial charge in [0, 0.05) is 16.5 Å². The monoisotopic (exact) mass is 397 g/mol. The lowest BCUT2D eigenvalue weighted by atomic mass is 10.0. The van der Waals surface area contributed by atoms with Crippen LogP contribution in [0.25, 0.3) is 21.3 Å². The topological polar surface area (TPSA) is 64.0 Å². The minimum absolute atomic E-state index is 0.0169. The minimum atomic E-state index is -0.168. The van der Waals surface area contributed by atoms with Gasteiger partial charge in [0.2, 0.25) is 5.91 Å². The van der Waals surface area contributed by atoms with E-state index in [1.165, 1.54) is 22.2 Å². The number of aromatic nitrogens is 2. The zero-order valence-corrected chi connectivity index (χ0v) is 17.7. The van der Waals surface area contributed by atoms with Crippen molar-refractivity contribution in [1.29, 1.82) is 0 Å². The van der Waals surface area contributed by atoms with Gasteiger partial charge in [-0.2, -0.15) is 0 Å². The predicted octanol–water partition coefficient (Wildman–Crippen LogP) is 4.37. The Morgan fingerprint density at radius 1 is 1.18 bits per heavy atom. The number of fused-ring (bicyclic) bond motifs is 1. The molecule has 1 aromatic carbocycles. The lowest BCUT2D eigenvalue weighted by Crippen LogP contribution is -2.37.